The highest BCUT2D eigenvalue weighted by molar-refractivity contribution is 6.31. The summed E-state index contributed by atoms with van der Waals surface area (Å²) < 4.78 is 0. The maximum absolute atomic E-state index is 13.2. The highest BCUT2D eigenvalue weighted by atomic mass is 35.5. The van der Waals surface area contributed by atoms with Crippen LogP contribution in [0.2, 0.25) is 5.02 Å². The molecule has 0 radical (unpaired) electrons. The van der Waals surface area contributed by atoms with E-state index in [-0.39, 0.29) is 36.2 Å². The fourth-order valence-electron chi connectivity index (χ4n) is 4.27. The Morgan fingerprint density at radius 2 is 2.04 bits per heavy atom. The average molecular weight is 404 g/mol. The molecule has 3 aliphatic rings. The van der Waals surface area contributed by atoms with Crippen LogP contribution in [-0.2, 0) is 19.8 Å². The normalized spacial score (nSPS) is 23.5. The molecule has 1 N–H and O–H groups in total. The second-order valence-corrected chi connectivity index (χ2v) is 8.99. The van der Waals surface area contributed by atoms with Gasteiger partial charge in [0.15, 0.2) is 0 Å². The zero-order valence-corrected chi connectivity index (χ0v) is 17.1. The number of rotatable bonds is 4. The Morgan fingerprint density at radius 3 is 2.68 bits per heavy atom. The van der Waals surface area contributed by atoms with Gasteiger partial charge < -0.3 is 10.2 Å². The first-order valence-electron chi connectivity index (χ1n) is 9.99. The zero-order chi connectivity index (χ0) is 20.1. The first kappa shape index (κ1) is 19.4. The number of piperidine rings is 1. The van der Waals surface area contributed by atoms with E-state index in [4.69, 9.17) is 11.6 Å². The molecule has 1 aliphatic carbocycles. The smallest absolute Gasteiger partial charge is 0.249 e. The van der Waals surface area contributed by atoms with Gasteiger partial charge in [-0.15, -0.1) is 0 Å². The molecule has 7 heteroatoms. The number of carbonyl (C=O) groups is 3. The molecule has 6 nitrogen and oxygen atoms in total. The Hall–Kier alpha value is -1.92. The van der Waals surface area contributed by atoms with E-state index in [2.05, 4.69) is 5.32 Å². The second-order valence-electron chi connectivity index (χ2n) is 8.55. The minimum Gasteiger partial charge on any atom is -0.316 e. The van der Waals surface area contributed by atoms with Crippen LogP contribution in [0.4, 0.5) is 5.69 Å². The third-order valence-corrected chi connectivity index (χ3v) is 6.30. The van der Waals surface area contributed by atoms with Crippen LogP contribution in [-0.4, -0.2) is 48.3 Å². The molecule has 2 fully saturated rings. The van der Waals surface area contributed by atoms with Crippen LogP contribution in [0.25, 0.3) is 0 Å². The summed E-state index contributed by atoms with van der Waals surface area (Å²) in [4.78, 5) is 42.2. The van der Waals surface area contributed by atoms with E-state index >= 15 is 0 Å². The number of benzene rings is 1. The highest BCUT2D eigenvalue weighted by Crippen LogP contribution is 2.43. The predicted octanol–water partition coefficient (Wildman–Crippen LogP) is 2.48. The monoisotopic (exact) mass is 403 g/mol. The number of nitrogens with zero attached hydrogens (tertiary/aromatic N) is 2. The standard InChI is InChI=1S/C21H26ClN3O3/c1-21(2)16-10-14(22)5-8-17(16)24(20(21)28)12-18(26)25(15-6-7-15)19(27)13-4-3-9-23-11-13/h5,8,10,13,15,23H,3-4,6-7,9,11-12H2,1-2H3. The number of fused-ring (bicyclic) bond motifs is 1. The van der Waals surface area contributed by atoms with Crippen molar-refractivity contribution in [3.8, 4) is 0 Å². The lowest BCUT2D eigenvalue weighted by Crippen LogP contribution is -2.51. The average Bonchev–Trinajstić information content (AvgIpc) is 3.48. The summed E-state index contributed by atoms with van der Waals surface area (Å²) in [6.07, 6.45) is 3.45. The van der Waals surface area contributed by atoms with E-state index in [0.717, 1.165) is 37.8 Å². The fourth-order valence-corrected chi connectivity index (χ4v) is 4.45. The summed E-state index contributed by atoms with van der Waals surface area (Å²) >= 11 is 6.12. The summed E-state index contributed by atoms with van der Waals surface area (Å²) in [7, 11) is 0. The molecular formula is C21H26ClN3O3. The molecule has 150 valence electrons. The minimum absolute atomic E-state index is 0.0164. The van der Waals surface area contributed by atoms with Gasteiger partial charge in [-0.05, 0) is 69.8 Å². The van der Waals surface area contributed by atoms with Crippen molar-refractivity contribution in [1.82, 2.24) is 10.2 Å². The van der Waals surface area contributed by atoms with Crippen molar-refractivity contribution in [2.75, 3.05) is 24.5 Å². The van der Waals surface area contributed by atoms with Gasteiger partial charge in [-0.2, -0.15) is 0 Å². The van der Waals surface area contributed by atoms with Gasteiger partial charge in [0, 0.05) is 23.3 Å². The van der Waals surface area contributed by atoms with Crippen molar-refractivity contribution >= 4 is 35.0 Å². The Kier molecular flexibility index (Phi) is 4.96. The fraction of sp³-hybridized carbons (Fsp3) is 0.571. The molecule has 3 amide bonds. The quantitative estimate of drug-likeness (QED) is 0.838. The summed E-state index contributed by atoms with van der Waals surface area (Å²) in [5.41, 5.74) is 0.774. The van der Waals surface area contributed by atoms with Crippen molar-refractivity contribution in [2.24, 2.45) is 5.92 Å². The zero-order valence-electron chi connectivity index (χ0n) is 16.3. The first-order chi connectivity index (χ1) is 13.3. The molecule has 1 aromatic carbocycles. The molecule has 1 atom stereocenters. The molecule has 0 spiro atoms. The van der Waals surface area contributed by atoms with Gasteiger partial charge in [0.25, 0.3) is 0 Å². The van der Waals surface area contributed by atoms with Gasteiger partial charge in [-0.3, -0.25) is 19.3 Å². The lowest BCUT2D eigenvalue weighted by Gasteiger charge is -2.30. The van der Waals surface area contributed by atoms with Crippen molar-refractivity contribution in [3.05, 3.63) is 28.8 Å². The van der Waals surface area contributed by atoms with Crippen LogP contribution in [0, 0.1) is 5.92 Å². The molecule has 1 aromatic rings. The molecule has 4 rings (SSSR count). The van der Waals surface area contributed by atoms with Gasteiger partial charge >= 0.3 is 0 Å². The number of anilines is 1. The molecule has 28 heavy (non-hydrogen) atoms. The molecule has 0 bridgehead atoms. The van der Waals surface area contributed by atoms with Crippen LogP contribution in [0.1, 0.15) is 45.1 Å². The summed E-state index contributed by atoms with van der Waals surface area (Å²) in [6, 6.07) is 5.28. The van der Waals surface area contributed by atoms with E-state index in [0.29, 0.717) is 17.3 Å². The number of nitrogens with one attached hydrogen (secondary N) is 1. The number of hydrogen-bond donors (Lipinski definition) is 1. The van der Waals surface area contributed by atoms with E-state index < -0.39 is 5.41 Å². The molecular weight excluding hydrogens is 378 g/mol. The molecule has 2 aliphatic heterocycles. The SMILES string of the molecule is CC1(C)C(=O)N(CC(=O)N(C(=O)C2CCCNC2)C2CC2)c2ccc(Cl)cc21. The number of imide groups is 1. The lowest BCUT2D eigenvalue weighted by molar-refractivity contribution is -0.148. The Bertz CT molecular complexity index is 828. The Labute approximate surface area is 170 Å². The number of carbonyl (C=O) groups excluding carboxylic acids is 3. The van der Waals surface area contributed by atoms with Crippen LogP contribution < -0.4 is 10.2 Å². The third kappa shape index (κ3) is 3.33. The van der Waals surface area contributed by atoms with Crippen molar-refractivity contribution in [2.45, 2.75) is 51.0 Å². The molecule has 2 heterocycles. The van der Waals surface area contributed by atoms with E-state index in [9.17, 15) is 14.4 Å². The maximum Gasteiger partial charge on any atom is 0.249 e. The van der Waals surface area contributed by atoms with E-state index in [1.54, 1.807) is 18.2 Å². The summed E-state index contributed by atoms with van der Waals surface area (Å²) in [5, 5.41) is 3.80. The lowest BCUT2D eigenvalue weighted by atomic mass is 9.86. The van der Waals surface area contributed by atoms with Crippen LogP contribution >= 0.6 is 11.6 Å². The van der Waals surface area contributed by atoms with Crippen LogP contribution in [0.5, 0.6) is 0 Å². The Balaban J connectivity index is 1.57. The van der Waals surface area contributed by atoms with Crippen molar-refractivity contribution in [1.29, 1.82) is 0 Å². The van der Waals surface area contributed by atoms with E-state index in [1.807, 2.05) is 13.8 Å². The van der Waals surface area contributed by atoms with Crippen LogP contribution in [0.3, 0.4) is 0 Å². The summed E-state index contributed by atoms with van der Waals surface area (Å²) in [6.45, 7) is 5.10. The maximum atomic E-state index is 13.2. The van der Waals surface area contributed by atoms with Gasteiger partial charge in [0.2, 0.25) is 17.7 Å². The topological polar surface area (TPSA) is 69.7 Å². The largest absolute Gasteiger partial charge is 0.316 e. The number of hydrogen-bond acceptors (Lipinski definition) is 4. The van der Waals surface area contributed by atoms with Crippen molar-refractivity contribution in [3.63, 3.8) is 0 Å². The van der Waals surface area contributed by atoms with Gasteiger partial charge in [-0.25, -0.2) is 0 Å². The van der Waals surface area contributed by atoms with Gasteiger partial charge in [0.1, 0.15) is 6.54 Å². The predicted molar refractivity (Wildman–Crippen MR) is 107 cm³/mol. The van der Waals surface area contributed by atoms with Crippen molar-refractivity contribution < 1.29 is 14.4 Å². The Morgan fingerprint density at radius 1 is 1.29 bits per heavy atom. The number of halogens is 1. The van der Waals surface area contributed by atoms with Gasteiger partial charge in [0.05, 0.1) is 11.3 Å². The van der Waals surface area contributed by atoms with Gasteiger partial charge in [-0.1, -0.05) is 11.6 Å². The molecule has 1 unspecified atom stereocenters. The molecule has 1 saturated carbocycles. The van der Waals surface area contributed by atoms with E-state index in [1.165, 1.54) is 9.80 Å². The second kappa shape index (κ2) is 7.16. The number of amides is 3. The first-order valence-corrected chi connectivity index (χ1v) is 10.4. The van der Waals surface area contributed by atoms with Crippen LogP contribution in [0.15, 0.2) is 18.2 Å². The third-order valence-electron chi connectivity index (χ3n) is 6.06. The minimum atomic E-state index is -0.748. The molecule has 1 saturated heterocycles. The molecule has 0 aromatic heterocycles. The summed E-state index contributed by atoms with van der Waals surface area (Å²) in [5.74, 6) is -0.678. The highest BCUT2D eigenvalue weighted by Gasteiger charge is 2.47.